The van der Waals surface area contributed by atoms with Crippen LogP contribution in [-0.2, 0) is 0 Å². The largest absolute Gasteiger partial charge is 0.494 e. The van der Waals surface area contributed by atoms with E-state index in [1.54, 1.807) is 24.3 Å². The molecule has 6 heteroatoms. The van der Waals surface area contributed by atoms with Gasteiger partial charge in [-0.05, 0) is 43.3 Å². The summed E-state index contributed by atoms with van der Waals surface area (Å²) >= 11 is 1.49. The molecular formula is C16H15N3O2S. The summed E-state index contributed by atoms with van der Waals surface area (Å²) in [6, 6.07) is 14.8. The zero-order valence-electron chi connectivity index (χ0n) is 12.0. The first-order chi connectivity index (χ1) is 10.8. The monoisotopic (exact) mass is 313 g/mol. The van der Waals surface area contributed by atoms with E-state index in [9.17, 15) is 4.79 Å². The predicted molar refractivity (Wildman–Crippen MR) is 88.3 cm³/mol. The normalized spacial score (nSPS) is 10.4. The highest BCUT2D eigenvalue weighted by molar-refractivity contribution is 7.22. The minimum atomic E-state index is -0.220. The SMILES string of the molecule is CCOc1ccc(C(=O)NNc2nc3ccccc3s2)cc1. The minimum Gasteiger partial charge on any atom is -0.494 e. The van der Waals surface area contributed by atoms with Crippen LogP contribution in [0.1, 0.15) is 17.3 Å². The number of thiazole rings is 1. The Morgan fingerprint density at radius 3 is 2.68 bits per heavy atom. The van der Waals surface area contributed by atoms with Crippen molar-refractivity contribution in [3.8, 4) is 5.75 Å². The molecule has 2 aromatic carbocycles. The number of benzene rings is 2. The summed E-state index contributed by atoms with van der Waals surface area (Å²) in [7, 11) is 0. The number of ether oxygens (including phenoxy) is 1. The predicted octanol–water partition coefficient (Wildman–Crippen LogP) is 3.45. The zero-order chi connectivity index (χ0) is 15.4. The first-order valence-corrected chi connectivity index (χ1v) is 7.72. The van der Waals surface area contributed by atoms with Crippen molar-refractivity contribution in [2.24, 2.45) is 0 Å². The van der Waals surface area contributed by atoms with Gasteiger partial charge in [-0.15, -0.1) is 0 Å². The van der Waals surface area contributed by atoms with E-state index in [1.807, 2.05) is 31.2 Å². The number of nitrogens with one attached hydrogen (secondary N) is 2. The molecular weight excluding hydrogens is 298 g/mol. The fraction of sp³-hybridized carbons (Fsp3) is 0.125. The van der Waals surface area contributed by atoms with Gasteiger partial charge < -0.3 is 4.74 Å². The fourth-order valence-corrected chi connectivity index (χ4v) is 2.80. The Bertz CT molecular complexity index is 750. The molecule has 0 spiro atoms. The third-order valence-corrected chi connectivity index (χ3v) is 3.96. The summed E-state index contributed by atoms with van der Waals surface area (Å²) in [5, 5.41) is 0.653. The molecule has 0 saturated heterocycles. The van der Waals surface area contributed by atoms with Gasteiger partial charge in [0.1, 0.15) is 5.75 Å². The van der Waals surface area contributed by atoms with E-state index in [-0.39, 0.29) is 5.91 Å². The highest BCUT2D eigenvalue weighted by Crippen LogP contribution is 2.24. The third kappa shape index (κ3) is 3.17. The summed E-state index contributed by atoms with van der Waals surface area (Å²) < 4.78 is 6.42. The van der Waals surface area contributed by atoms with Crippen LogP contribution in [0, 0.1) is 0 Å². The zero-order valence-corrected chi connectivity index (χ0v) is 12.8. The fourth-order valence-electron chi connectivity index (χ4n) is 1.98. The number of carbonyl (C=O) groups is 1. The number of anilines is 1. The first-order valence-electron chi connectivity index (χ1n) is 6.91. The second kappa shape index (κ2) is 6.44. The number of aromatic nitrogens is 1. The molecule has 5 nitrogen and oxygen atoms in total. The molecule has 0 unspecified atom stereocenters. The number of hydrazine groups is 1. The summed E-state index contributed by atoms with van der Waals surface area (Å²) in [5.41, 5.74) is 6.96. The second-order valence-corrected chi connectivity index (χ2v) is 5.55. The Kier molecular flexibility index (Phi) is 4.20. The van der Waals surface area contributed by atoms with E-state index in [2.05, 4.69) is 15.8 Å². The molecule has 0 atom stereocenters. The highest BCUT2D eigenvalue weighted by Gasteiger charge is 2.07. The number of para-hydroxylation sites is 1. The average molecular weight is 313 g/mol. The van der Waals surface area contributed by atoms with Crippen LogP contribution >= 0.6 is 11.3 Å². The van der Waals surface area contributed by atoms with Crippen LogP contribution in [0.3, 0.4) is 0 Å². The standard InChI is InChI=1S/C16H15N3O2S/c1-2-21-12-9-7-11(8-10-12)15(20)18-19-16-17-13-5-3-4-6-14(13)22-16/h3-10H,2H2,1H3,(H,17,19)(H,18,20). The van der Waals surface area contributed by atoms with E-state index in [4.69, 9.17) is 4.74 Å². The van der Waals surface area contributed by atoms with Gasteiger partial charge >= 0.3 is 0 Å². The van der Waals surface area contributed by atoms with Gasteiger partial charge in [-0.1, -0.05) is 23.5 Å². The number of fused-ring (bicyclic) bond motifs is 1. The maximum Gasteiger partial charge on any atom is 0.269 e. The third-order valence-electron chi connectivity index (χ3n) is 3.00. The van der Waals surface area contributed by atoms with Crippen LogP contribution in [0.2, 0.25) is 0 Å². The molecule has 1 amide bonds. The molecule has 1 aromatic heterocycles. The van der Waals surface area contributed by atoms with Crippen LogP contribution in [0.5, 0.6) is 5.75 Å². The van der Waals surface area contributed by atoms with Crippen molar-refractivity contribution in [2.45, 2.75) is 6.92 Å². The van der Waals surface area contributed by atoms with Crippen LogP contribution in [0.25, 0.3) is 10.2 Å². The Labute approximate surface area is 131 Å². The van der Waals surface area contributed by atoms with Crippen molar-refractivity contribution in [3.63, 3.8) is 0 Å². The molecule has 112 valence electrons. The summed E-state index contributed by atoms with van der Waals surface area (Å²) in [5.74, 6) is 0.528. The van der Waals surface area contributed by atoms with Gasteiger partial charge in [0.2, 0.25) is 5.13 Å². The lowest BCUT2D eigenvalue weighted by Gasteiger charge is -2.06. The molecule has 0 saturated carbocycles. The van der Waals surface area contributed by atoms with Gasteiger partial charge in [0.25, 0.3) is 5.91 Å². The average Bonchev–Trinajstić information content (AvgIpc) is 2.96. The Hall–Kier alpha value is -2.60. The van der Waals surface area contributed by atoms with E-state index in [0.717, 1.165) is 16.0 Å². The number of hydrogen-bond donors (Lipinski definition) is 2. The Morgan fingerprint density at radius 1 is 1.18 bits per heavy atom. The van der Waals surface area contributed by atoms with Crippen molar-refractivity contribution in [3.05, 3.63) is 54.1 Å². The molecule has 3 rings (SSSR count). The number of amides is 1. The number of nitrogens with zero attached hydrogens (tertiary/aromatic N) is 1. The van der Waals surface area contributed by atoms with Gasteiger partial charge in [-0.2, -0.15) is 0 Å². The topological polar surface area (TPSA) is 63.2 Å². The molecule has 3 aromatic rings. The van der Waals surface area contributed by atoms with Gasteiger partial charge in [0.05, 0.1) is 16.8 Å². The molecule has 0 radical (unpaired) electrons. The Morgan fingerprint density at radius 2 is 1.95 bits per heavy atom. The molecule has 22 heavy (non-hydrogen) atoms. The van der Waals surface area contributed by atoms with Crippen molar-refractivity contribution >= 4 is 32.6 Å². The minimum absolute atomic E-state index is 0.220. The maximum atomic E-state index is 12.1. The molecule has 0 aliphatic heterocycles. The summed E-state index contributed by atoms with van der Waals surface area (Å²) in [6.07, 6.45) is 0. The van der Waals surface area contributed by atoms with Crippen LogP contribution in [-0.4, -0.2) is 17.5 Å². The number of carbonyl (C=O) groups excluding carboxylic acids is 1. The molecule has 0 aliphatic rings. The lowest BCUT2D eigenvalue weighted by atomic mass is 10.2. The lowest BCUT2D eigenvalue weighted by molar-refractivity contribution is 0.0962. The van der Waals surface area contributed by atoms with E-state index in [1.165, 1.54) is 11.3 Å². The van der Waals surface area contributed by atoms with Crippen LogP contribution in [0.4, 0.5) is 5.13 Å². The number of rotatable bonds is 5. The van der Waals surface area contributed by atoms with Crippen molar-refractivity contribution in [2.75, 3.05) is 12.0 Å². The van der Waals surface area contributed by atoms with E-state index in [0.29, 0.717) is 17.3 Å². The number of hydrogen-bond acceptors (Lipinski definition) is 5. The second-order valence-electron chi connectivity index (χ2n) is 4.52. The van der Waals surface area contributed by atoms with Crippen LogP contribution in [0.15, 0.2) is 48.5 Å². The summed E-state index contributed by atoms with van der Waals surface area (Å²) in [6.45, 7) is 2.52. The molecule has 0 aliphatic carbocycles. The summed E-state index contributed by atoms with van der Waals surface area (Å²) in [4.78, 5) is 16.5. The van der Waals surface area contributed by atoms with Gasteiger partial charge in [-0.3, -0.25) is 15.6 Å². The van der Waals surface area contributed by atoms with Gasteiger partial charge in [0, 0.05) is 5.56 Å². The van der Waals surface area contributed by atoms with Gasteiger partial charge in [0.15, 0.2) is 0 Å². The smallest absolute Gasteiger partial charge is 0.269 e. The highest BCUT2D eigenvalue weighted by atomic mass is 32.1. The molecule has 0 bridgehead atoms. The van der Waals surface area contributed by atoms with Crippen molar-refractivity contribution in [1.29, 1.82) is 0 Å². The van der Waals surface area contributed by atoms with E-state index < -0.39 is 0 Å². The van der Waals surface area contributed by atoms with E-state index >= 15 is 0 Å². The van der Waals surface area contributed by atoms with Crippen LogP contribution < -0.4 is 15.6 Å². The maximum absolute atomic E-state index is 12.1. The lowest BCUT2D eigenvalue weighted by Crippen LogP contribution is -2.29. The van der Waals surface area contributed by atoms with Crippen molar-refractivity contribution in [1.82, 2.24) is 10.4 Å². The quantitative estimate of drug-likeness (QED) is 0.708. The molecule has 1 heterocycles. The van der Waals surface area contributed by atoms with Crippen molar-refractivity contribution < 1.29 is 9.53 Å². The Balaban J connectivity index is 1.64. The first kappa shape index (κ1) is 14.3. The van der Waals surface area contributed by atoms with Gasteiger partial charge in [-0.25, -0.2) is 4.98 Å². The molecule has 2 N–H and O–H groups in total. The molecule has 0 fully saturated rings.